The van der Waals surface area contributed by atoms with Crippen LogP contribution in [0.25, 0.3) is 0 Å². The summed E-state index contributed by atoms with van der Waals surface area (Å²) in [5.74, 6) is 1.92. The van der Waals surface area contributed by atoms with Gasteiger partial charge in [0.05, 0.1) is 19.8 Å². The van der Waals surface area contributed by atoms with Crippen molar-refractivity contribution in [1.29, 1.82) is 0 Å². The minimum atomic E-state index is 0. The van der Waals surface area contributed by atoms with Gasteiger partial charge in [-0.25, -0.2) is 0 Å². The van der Waals surface area contributed by atoms with Crippen LogP contribution < -0.4 is 15.4 Å². The number of guanidine groups is 1. The molecule has 140 valence electrons. The number of hydrogen-bond donors (Lipinski definition) is 2. The van der Waals surface area contributed by atoms with E-state index in [2.05, 4.69) is 38.7 Å². The zero-order valence-corrected chi connectivity index (χ0v) is 17.3. The van der Waals surface area contributed by atoms with E-state index < -0.39 is 0 Å². The maximum atomic E-state index is 5.55. The molecule has 0 radical (unpaired) electrons. The molecule has 2 aliphatic rings. The fraction of sp³-hybridized carbons (Fsp3) is 0.611. The molecule has 3 rings (SSSR count). The maximum Gasteiger partial charge on any atom is 0.191 e. The Labute approximate surface area is 167 Å². The summed E-state index contributed by atoms with van der Waals surface area (Å²) in [5, 5.41) is 6.77. The van der Waals surface area contributed by atoms with Gasteiger partial charge < -0.3 is 20.1 Å². The van der Waals surface area contributed by atoms with Gasteiger partial charge in [-0.05, 0) is 23.6 Å². The lowest BCUT2D eigenvalue weighted by Crippen LogP contribution is -2.44. The summed E-state index contributed by atoms with van der Waals surface area (Å²) in [6, 6.07) is 6.51. The predicted octanol–water partition coefficient (Wildman–Crippen LogP) is 1.28. The van der Waals surface area contributed by atoms with Crippen molar-refractivity contribution in [2.45, 2.75) is 12.8 Å². The largest absolute Gasteiger partial charge is 0.493 e. The second-order valence-electron chi connectivity index (χ2n) is 6.17. The molecule has 1 aromatic rings. The number of morpholine rings is 1. The van der Waals surface area contributed by atoms with E-state index in [9.17, 15) is 0 Å². The van der Waals surface area contributed by atoms with Crippen LogP contribution >= 0.6 is 24.0 Å². The second kappa shape index (κ2) is 10.8. The highest BCUT2D eigenvalue weighted by Crippen LogP contribution is 2.25. The molecule has 2 aliphatic heterocycles. The molecule has 2 N–H and O–H groups in total. The summed E-state index contributed by atoms with van der Waals surface area (Å²) < 4.78 is 10.9. The summed E-state index contributed by atoms with van der Waals surface area (Å²) in [4.78, 5) is 6.70. The van der Waals surface area contributed by atoms with Gasteiger partial charge in [-0.1, -0.05) is 12.1 Å². The molecule has 0 aliphatic carbocycles. The summed E-state index contributed by atoms with van der Waals surface area (Å²) in [6.45, 7) is 7.35. The first-order valence-corrected chi connectivity index (χ1v) is 8.84. The summed E-state index contributed by atoms with van der Waals surface area (Å²) in [6.07, 6.45) is 2.01. The van der Waals surface area contributed by atoms with E-state index in [1.165, 1.54) is 11.1 Å². The van der Waals surface area contributed by atoms with Crippen molar-refractivity contribution in [1.82, 2.24) is 15.5 Å². The van der Waals surface area contributed by atoms with Crippen LogP contribution in [0.5, 0.6) is 5.75 Å². The number of halogens is 1. The highest BCUT2D eigenvalue weighted by molar-refractivity contribution is 14.0. The van der Waals surface area contributed by atoms with Crippen LogP contribution in [0, 0.1) is 0 Å². The number of ether oxygens (including phenoxy) is 2. The maximum absolute atomic E-state index is 5.55. The van der Waals surface area contributed by atoms with Crippen LogP contribution in [0.3, 0.4) is 0 Å². The van der Waals surface area contributed by atoms with Crippen LogP contribution in [0.4, 0.5) is 0 Å². The average molecular weight is 460 g/mol. The van der Waals surface area contributed by atoms with Crippen LogP contribution in [0.1, 0.15) is 11.1 Å². The average Bonchev–Trinajstić information content (AvgIpc) is 3.09. The van der Waals surface area contributed by atoms with Gasteiger partial charge in [-0.3, -0.25) is 9.89 Å². The van der Waals surface area contributed by atoms with Crippen molar-refractivity contribution in [3.8, 4) is 5.75 Å². The molecule has 25 heavy (non-hydrogen) atoms. The van der Waals surface area contributed by atoms with Gasteiger partial charge in [0.2, 0.25) is 0 Å². The number of fused-ring (bicyclic) bond motifs is 1. The highest BCUT2D eigenvalue weighted by atomic mass is 127. The standard InChI is InChI=1S/C18H28N4O2.HI/c1-19-18(21-7-8-22-9-12-23-13-10-22)20-6-4-15-2-3-17-16(14-15)5-11-24-17;/h2-3,14H,4-13H2,1H3,(H2,19,20,21);1H. The van der Waals surface area contributed by atoms with Crippen molar-refractivity contribution in [2.24, 2.45) is 4.99 Å². The molecule has 0 amide bonds. The SMILES string of the molecule is CN=C(NCCc1ccc2c(c1)CCO2)NCCN1CCOCC1.I. The van der Waals surface area contributed by atoms with Crippen LogP contribution in [0.2, 0.25) is 0 Å². The number of benzene rings is 1. The van der Waals surface area contributed by atoms with Gasteiger partial charge in [0, 0.05) is 46.2 Å². The van der Waals surface area contributed by atoms with Crippen molar-refractivity contribution in [2.75, 3.05) is 59.6 Å². The third-order valence-corrected chi connectivity index (χ3v) is 4.51. The number of aliphatic imine (C=N–C) groups is 1. The van der Waals surface area contributed by atoms with E-state index >= 15 is 0 Å². The quantitative estimate of drug-likeness (QED) is 0.381. The molecule has 6 nitrogen and oxygen atoms in total. The molecule has 0 bridgehead atoms. The first-order valence-electron chi connectivity index (χ1n) is 8.84. The molecule has 0 unspecified atom stereocenters. The first kappa shape index (κ1) is 20.3. The molecule has 1 fully saturated rings. The van der Waals surface area contributed by atoms with Crippen molar-refractivity contribution >= 4 is 29.9 Å². The lowest BCUT2D eigenvalue weighted by Gasteiger charge is -2.26. The van der Waals surface area contributed by atoms with Gasteiger partial charge in [0.25, 0.3) is 0 Å². The third kappa shape index (κ3) is 6.31. The zero-order valence-electron chi connectivity index (χ0n) is 14.9. The number of hydrogen-bond acceptors (Lipinski definition) is 4. The molecule has 1 aromatic carbocycles. The first-order chi connectivity index (χ1) is 11.8. The van der Waals surface area contributed by atoms with Crippen LogP contribution in [-0.4, -0.2) is 70.5 Å². The van der Waals surface area contributed by atoms with Gasteiger partial charge in [0.15, 0.2) is 5.96 Å². The lowest BCUT2D eigenvalue weighted by molar-refractivity contribution is 0.0389. The van der Waals surface area contributed by atoms with Gasteiger partial charge in [-0.15, -0.1) is 24.0 Å². The van der Waals surface area contributed by atoms with E-state index in [1.54, 1.807) is 0 Å². The van der Waals surface area contributed by atoms with Gasteiger partial charge >= 0.3 is 0 Å². The second-order valence-corrected chi connectivity index (χ2v) is 6.17. The predicted molar refractivity (Wildman–Crippen MR) is 111 cm³/mol. The van der Waals surface area contributed by atoms with Gasteiger partial charge in [-0.2, -0.15) is 0 Å². The van der Waals surface area contributed by atoms with Crippen molar-refractivity contribution < 1.29 is 9.47 Å². The van der Waals surface area contributed by atoms with Crippen molar-refractivity contribution in [3.63, 3.8) is 0 Å². The van der Waals surface area contributed by atoms with Gasteiger partial charge in [0.1, 0.15) is 5.75 Å². The van der Waals surface area contributed by atoms with Crippen LogP contribution in [0.15, 0.2) is 23.2 Å². The fourth-order valence-electron chi connectivity index (χ4n) is 3.10. The highest BCUT2D eigenvalue weighted by Gasteiger charge is 2.12. The molecular formula is C18H29IN4O2. The molecule has 0 aromatic heterocycles. The van der Waals surface area contributed by atoms with E-state index in [4.69, 9.17) is 9.47 Å². The number of rotatable bonds is 6. The topological polar surface area (TPSA) is 58.1 Å². The van der Waals surface area contributed by atoms with E-state index in [-0.39, 0.29) is 24.0 Å². The Balaban J connectivity index is 0.00000225. The molecule has 0 spiro atoms. The Bertz CT molecular complexity index is 562. The summed E-state index contributed by atoms with van der Waals surface area (Å²) >= 11 is 0. The molecular weight excluding hydrogens is 431 g/mol. The molecule has 1 saturated heterocycles. The number of nitrogens with one attached hydrogen (secondary N) is 2. The normalized spacial score (nSPS) is 17.4. The number of nitrogens with zero attached hydrogens (tertiary/aromatic N) is 2. The molecule has 0 saturated carbocycles. The van der Waals surface area contributed by atoms with Crippen molar-refractivity contribution in [3.05, 3.63) is 29.3 Å². The van der Waals surface area contributed by atoms with Crippen LogP contribution in [-0.2, 0) is 17.6 Å². The summed E-state index contributed by atoms with van der Waals surface area (Å²) in [7, 11) is 1.82. The minimum Gasteiger partial charge on any atom is -0.493 e. The molecule has 2 heterocycles. The smallest absolute Gasteiger partial charge is 0.191 e. The Morgan fingerprint density at radius 3 is 2.76 bits per heavy atom. The Morgan fingerprint density at radius 2 is 1.96 bits per heavy atom. The van der Waals surface area contributed by atoms with E-state index in [0.29, 0.717) is 0 Å². The Morgan fingerprint density at radius 1 is 1.16 bits per heavy atom. The third-order valence-electron chi connectivity index (χ3n) is 4.51. The van der Waals surface area contributed by atoms with E-state index in [0.717, 1.165) is 77.1 Å². The Hall–Kier alpha value is -1.06. The lowest BCUT2D eigenvalue weighted by atomic mass is 10.1. The monoisotopic (exact) mass is 460 g/mol. The minimum absolute atomic E-state index is 0. The zero-order chi connectivity index (χ0) is 16.6. The molecule has 0 atom stereocenters. The Kier molecular flexibility index (Phi) is 8.77. The summed E-state index contributed by atoms with van der Waals surface area (Å²) in [5.41, 5.74) is 2.68. The fourth-order valence-corrected chi connectivity index (χ4v) is 3.10. The van der Waals surface area contributed by atoms with E-state index in [1.807, 2.05) is 7.05 Å². The molecule has 7 heteroatoms.